The van der Waals surface area contributed by atoms with Gasteiger partial charge in [0, 0.05) is 24.9 Å². The van der Waals surface area contributed by atoms with E-state index in [4.69, 9.17) is 4.74 Å². The summed E-state index contributed by atoms with van der Waals surface area (Å²) in [6.07, 6.45) is -0.850. The van der Waals surface area contributed by atoms with Crippen LogP contribution in [0.1, 0.15) is 61.1 Å². The molecule has 3 rings (SSSR count). The molecular formula is C26H33F3N4O4S. The van der Waals surface area contributed by atoms with Crippen LogP contribution in [0.3, 0.4) is 0 Å². The van der Waals surface area contributed by atoms with Crippen LogP contribution in [0.5, 0.6) is 5.75 Å². The van der Waals surface area contributed by atoms with E-state index >= 15 is 0 Å². The molecule has 8 nitrogen and oxygen atoms in total. The summed E-state index contributed by atoms with van der Waals surface area (Å²) in [5.41, 5.74) is 1.21. The number of carbonyl (C=O) groups excluding carboxylic acids is 1. The van der Waals surface area contributed by atoms with Crippen LogP contribution < -0.4 is 10.1 Å². The molecule has 1 unspecified atom stereocenters. The molecule has 1 aromatic heterocycles. The van der Waals surface area contributed by atoms with Gasteiger partial charge in [-0.05, 0) is 62.6 Å². The van der Waals surface area contributed by atoms with Crippen LogP contribution >= 0.6 is 0 Å². The number of halogens is 3. The van der Waals surface area contributed by atoms with Gasteiger partial charge in [-0.2, -0.15) is 23.5 Å². The molecule has 1 N–H and O–H groups in total. The molecule has 1 aromatic carbocycles. The molecule has 1 amide bonds. The van der Waals surface area contributed by atoms with Crippen molar-refractivity contribution in [1.29, 1.82) is 5.26 Å². The Morgan fingerprint density at radius 3 is 2.47 bits per heavy atom. The Hall–Kier alpha value is -3.07. The molecule has 0 radical (unpaired) electrons. The zero-order valence-corrected chi connectivity index (χ0v) is 22.7. The van der Waals surface area contributed by atoms with Gasteiger partial charge in [-0.3, -0.25) is 9.48 Å². The smallest absolute Gasteiger partial charge is 0.391 e. The van der Waals surface area contributed by atoms with Crippen molar-refractivity contribution in [2.75, 3.05) is 19.9 Å². The van der Waals surface area contributed by atoms with E-state index in [-0.39, 0.29) is 34.6 Å². The van der Waals surface area contributed by atoms with Crippen molar-refractivity contribution in [3.63, 3.8) is 0 Å². The average Bonchev–Trinajstić information content (AvgIpc) is 3.25. The molecule has 208 valence electrons. The predicted octanol–water partition coefficient (Wildman–Crippen LogP) is 4.52. The summed E-state index contributed by atoms with van der Waals surface area (Å²) in [6.45, 7) is 3.58. The fourth-order valence-corrected chi connectivity index (χ4v) is 5.97. The maximum Gasteiger partial charge on any atom is 0.391 e. The minimum absolute atomic E-state index is 0.0415. The highest BCUT2D eigenvalue weighted by molar-refractivity contribution is 7.91. The monoisotopic (exact) mass is 554 g/mol. The van der Waals surface area contributed by atoms with Crippen LogP contribution in [0.4, 0.5) is 13.2 Å². The normalized spacial score (nSPS) is 19.0. The van der Waals surface area contributed by atoms with Crippen molar-refractivity contribution in [3.05, 3.63) is 35.0 Å². The van der Waals surface area contributed by atoms with E-state index in [1.54, 1.807) is 19.1 Å². The van der Waals surface area contributed by atoms with Crippen molar-refractivity contribution in [2.45, 2.75) is 63.9 Å². The van der Waals surface area contributed by atoms with Crippen LogP contribution in [0, 0.1) is 23.2 Å². The highest BCUT2D eigenvalue weighted by atomic mass is 32.2. The molecule has 1 fully saturated rings. The Morgan fingerprint density at radius 2 is 1.95 bits per heavy atom. The predicted molar refractivity (Wildman–Crippen MR) is 136 cm³/mol. The summed E-state index contributed by atoms with van der Waals surface area (Å²) in [7, 11) is -1.69. The standard InChI is InChI=1S/C26H33F3N4O4S/c1-5-33-24(20-11-8-18(13-22(20)37-3)12-16(2)26(27,28)29)21(14-30)23(32-33)25(34)31-15-17-6-9-19(10-7-17)38(4,35)36/h8,11,13,16-17,19H,5-7,9-10,12,15H2,1-4H3,(H,31,34)/t16?,17-,19-. The Balaban J connectivity index is 1.83. The van der Waals surface area contributed by atoms with E-state index in [2.05, 4.69) is 16.5 Å². The number of aromatic nitrogens is 2. The molecule has 1 saturated carbocycles. The fourth-order valence-electron chi connectivity index (χ4n) is 4.84. The van der Waals surface area contributed by atoms with E-state index in [0.717, 1.165) is 6.92 Å². The lowest BCUT2D eigenvalue weighted by atomic mass is 9.89. The summed E-state index contributed by atoms with van der Waals surface area (Å²) in [6, 6.07) is 6.72. The van der Waals surface area contributed by atoms with E-state index in [1.165, 1.54) is 24.1 Å². The van der Waals surface area contributed by atoms with Crippen molar-refractivity contribution in [3.8, 4) is 23.1 Å². The summed E-state index contributed by atoms with van der Waals surface area (Å²) in [5.74, 6) is -1.65. The largest absolute Gasteiger partial charge is 0.496 e. The zero-order valence-electron chi connectivity index (χ0n) is 21.9. The highest BCUT2D eigenvalue weighted by Gasteiger charge is 2.36. The van der Waals surface area contributed by atoms with Gasteiger partial charge in [0.25, 0.3) is 5.91 Å². The van der Waals surface area contributed by atoms with Gasteiger partial charge < -0.3 is 10.1 Å². The van der Waals surface area contributed by atoms with Gasteiger partial charge in [-0.15, -0.1) is 0 Å². The molecule has 0 aliphatic heterocycles. The number of nitriles is 1. The van der Waals surface area contributed by atoms with Crippen molar-refractivity contribution >= 4 is 15.7 Å². The Kier molecular flexibility index (Phi) is 9.13. The van der Waals surface area contributed by atoms with Crippen LogP contribution in [0.15, 0.2) is 18.2 Å². The number of hydrogen-bond acceptors (Lipinski definition) is 6. The summed E-state index contributed by atoms with van der Waals surface area (Å²) >= 11 is 0. The first-order valence-electron chi connectivity index (χ1n) is 12.5. The van der Waals surface area contributed by atoms with Crippen LogP contribution in [0.25, 0.3) is 11.3 Å². The first kappa shape index (κ1) is 29.5. The summed E-state index contributed by atoms with van der Waals surface area (Å²) in [4.78, 5) is 13.1. The van der Waals surface area contributed by atoms with Gasteiger partial charge in [0.15, 0.2) is 5.69 Å². The van der Waals surface area contributed by atoms with Crippen molar-refractivity contribution < 1.29 is 31.1 Å². The van der Waals surface area contributed by atoms with Crippen molar-refractivity contribution in [1.82, 2.24) is 15.1 Å². The number of hydrogen-bond donors (Lipinski definition) is 1. The Morgan fingerprint density at radius 1 is 1.29 bits per heavy atom. The van der Waals surface area contributed by atoms with Gasteiger partial charge in [0.05, 0.1) is 24.0 Å². The lowest BCUT2D eigenvalue weighted by Gasteiger charge is -2.27. The number of nitrogens with one attached hydrogen (secondary N) is 1. The number of benzene rings is 1. The molecule has 2 aromatic rings. The molecule has 0 saturated heterocycles. The number of methoxy groups -OCH3 is 1. The molecular weight excluding hydrogens is 521 g/mol. The van der Waals surface area contributed by atoms with Gasteiger partial charge in [-0.1, -0.05) is 13.0 Å². The maximum atomic E-state index is 13.1. The number of nitrogens with zero attached hydrogens (tertiary/aromatic N) is 3. The summed E-state index contributed by atoms with van der Waals surface area (Å²) in [5, 5.41) is 16.8. The summed E-state index contributed by atoms with van der Waals surface area (Å²) < 4.78 is 69.6. The minimum atomic E-state index is -4.32. The van der Waals surface area contributed by atoms with Gasteiger partial charge in [0.1, 0.15) is 27.2 Å². The topological polar surface area (TPSA) is 114 Å². The first-order valence-corrected chi connectivity index (χ1v) is 14.5. The third-order valence-corrected chi connectivity index (χ3v) is 8.83. The third kappa shape index (κ3) is 6.67. The SMILES string of the molecule is CCn1nc(C(=O)NC[C@H]2CC[C@H](S(C)(=O)=O)CC2)c(C#N)c1-c1ccc(CC(C)C(F)(F)F)cc1OC. The fraction of sp³-hybridized carbons (Fsp3) is 0.577. The first-order chi connectivity index (χ1) is 17.8. The molecule has 12 heteroatoms. The number of alkyl halides is 3. The van der Waals surface area contributed by atoms with E-state index in [0.29, 0.717) is 55.6 Å². The molecule has 0 bridgehead atoms. The maximum absolute atomic E-state index is 13.1. The highest BCUT2D eigenvalue weighted by Crippen LogP contribution is 2.36. The Labute approximate surface area is 221 Å². The molecule has 1 aliphatic rings. The molecule has 1 atom stereocenters. The number of amides is 1. The molecule has 0 spiro atoms. The van der Waals surface area contributed by atoms with Crippen LogP contribution in [-0.2, 0) is 22.8 Å². The second kappa shape index (κ2) is 11.8. The second-order valence-electron chi connectivity index (χ2n) is 9.86. The molecule has 1 heterocycles. The van der Waals surface area contributed by atoms with E-state index in [1.807, 2.05) is 0 Å². The number of rotatable bonds is 9. The van der Waals surface area contributed by atoms with Gasteiger partial charge in [0.2, 0.25) is 0 Å². The lowest BCUT2D eigenvalue weighted by Crippen LogP contribution is -2.34. The molecule has 1 aliphatic carbocycles. The second-order valence-corrected chi connectivity index (χ2v) is 12.2. The van der Waals surface area contributed by atoms with E-state index in [9.17, 15) is 31.6 Å². The minimum Gasteiger partial charge on any atom is -0.496 e. The molecule has 38 heavy (non-hydrogen) atoms. The lowest BCUT2D eigenvalue weighted by molar-refractivity contribution is -0.169. The van der Waals surface area contributed by atoms with Crippen LogP contribution in [0.2, 0.25) is 0 Å². The number of carbonyl (C=O) groups is 1. The quantitative estimate of drug-likeness (QED) is 0.487. The Bertz CT molecular complexity index is 1310. The van der Waals surface area contributed by atoms with Gasteiger partial charge in [-0.25, -0.2) is 8.42 Å². The van der Waals surface area contributed by atoms with E-state index < -0.39 is 27.8 Å². The van der Waals surface area contributed by atoms with Crippen LogP contribution in [-0.4, -0.2) is 55.4 Å². The number of ether oxygens (including phenoxy) is 1. The number of sulfone groups is 1. The number of aryl methyl sites for hydroxylation is 1. The third-order valence-electron chi connectivity index (χ3n) is 7.15. The zero-order chi connectivity index (χ0) is 28.3. The average molecular weight is 555 g/mol. The van der Waals surface area contributed by atoms with Gasteiger partial charge >= 0.3 is 6.18 Å². The van der Waals surface area contributed by atoms with Crippen molar-refractivity contribution in [2.24, 2.45) is 11.8 Å².